The fraction of sp³-hybridized carbons (Fsp3) is 0.400. The Morgan fingerprint density at radius 3 is 2.17 bits per heavy atom. The van der Waals surface area contributed by atoms with Crippen molar-refractivity contribution in [2.75, 3.05) is 7.11 Å². The largest absolute Gasteiger partial charge is 0.380 e. The molecule has 66 valence electrons. The second-order valence-electron chi connectivity index (χ2n) is 3.33. The van der Waals surface area contributed by atoms with Crippen molar-refractivity contribution in [1.29, 1.82) is 0 Å². The van der Waals surface area contributed by atoms with E-state index in [9.17, 15) is 0 Å². The highest BCUT2D eigenvalue weighted by Crippen LogP contribution is 1.99. The maximum absolute atomic E-state index is 5.04. The summed E-state index contributed by atoms with van der Waals surface area (Å²) in [5, 5.41) is 1.52. The molecule has 0 amide bonds. The molecule has 0 aromatic heterocycles. The molecule has 0 saturated heterocycles. The summed E-state index contributed by atoms with van der Waals surface area (Å²) < 4.78 is 5.04. The lowest BCUT2D eigenvalue weighted by atomic mass is 10.2. The summed E-state index contributed by atoms with van der Waals surface area (Å²) >= 11 is 0. The average molecular weight is 180 g/mol. The molecule has 1 aromatic carbocycles. The third kappa shape index (κ3) is 2.46. The fourth-order valence-electron chi connectivity index (χ4n) is 1.17. The van der Waals surface area contributed by atoms with Gasteiger partial charge in [0.05, 0.1) is 15.4 Å². The van der Waals surface area contributed by atoms with Crippen molar-refractivity contribution >= 4 is 14.0 Å². The predicted molar refractivity (Wildman–Crippen MR) is 55.7 cm³/mol. The molecular formula is C10H16OSi. The zero-order valence-electron chi connectivity index (χ0n) is 8.00. The minimum absolute atomic E-state index is 0.610. The molecule has 0 aliphatic carbocycles. The van der Waals surface area contributed by atoms with Gasteiger partial charge in [0.15, 0.2) is 0 Å². The van der Waals surface area contributed by atoms with E-state index >= 15 is 0 Å². The molecule has 12 heavy (non-hydrogen) atoms. The number of hydrogen-bond donors (Lipinski definition) is 0. The second-order valence-corrected chi connectivity index (χ2v) is 6.31. The third-order valence-corrected chi connectivity index (χ3v) is 3.68. The Labute approximate surface area is 76.0 Å². The summed E-state index contributed by atoms with van der Waals surface area (Å²) in [6.45, 7) is 5.40. The van der Waals surface area contributed by atoms with Crippen molar-refractivity contribution in [3.63, 3.8) is 0 Å². The van der Waals surface area contributed by atoms with Gasteiger partial charge in [-0.25, -0.2) is 0 Å². The summed E-state index contributed by atoms with van der Waals surface area (Å²) in [6.07, 6.45) is 0. The molecule has 2 heteroatoms. The first kappa shape index (κ1) is 9.48. The molecule has 0 aliphatic rings. The van der Waals surface area contributed by atoms with Crippen molar-refractivity contribution in [3.05, 3.63) is 29.8 Å². The number of ether oxygens (including phenoxy) is 1. The zero-order chi connectivity index (χ0) is 8.97. The summed E-state index contributed by atoms with van der Waals surface area (Å²) in [5.74, 6) is 0. The minimum atomic E-state index is -0.610. The summed E-state index contributed by atoms with van der Waals surface area (Å²) in [4.78, 5) is 0. The number of hydrogen-bond acceptors (Lipinski definition) is 1. The maximum Gasteiger partial charge on any atom is 0.0713 e. The molecule has 0 fully saturated rings. The van der Waals surface area contributed by atoms with Gasteiger partial charge in [-0.1, -0.05) is 42.5 Å². The first-order valence-corrected chi connectivity index (χ1v) is 7.20. The lowest BCUT2D eigenvalue weighted by Gasteiger charge is -2.04. The molecule has 0 aliphatic heterocycles. The third-order valence-electron chi connectivity index (χ3n) is 1.96. The highest BCUT2D eigenvalue weighted by Gasteiger charge is 1.99. The smallest absolute Gasteiger partial charge is 0.0713 e. The second kappa shape index (κ2) is 4.43. The van der Waals surface area contributed by atoms with E-state index in [0.717, 1.165) is 6.61 Å². The van der Waals surface area contributed by atoms with Crippen LogP contribution in [0.4, 0.5) is 0 Å². The van der Waals surface area contributed by atoms with Crippen LogP contribution >= 0.6 is 0 Å². The molecule has 0 bridgehead atoms. The quantitative estimate of drug-likeness (QED) is 0.641. The Bertz CT molecular complexity index is 228. The number of methoxy groups -OCH3 is 1. The Morgan fingerprint density at radius 2 is 1.75 bits per heavy atom. The zero-order valence-corrected chi connectivity index (χ0v) is 9.16. The van der Waals surface area contributed by atoms with Gasteiger partial charge >= 0.3 is 0 Å². The topological polar surface area (TPSA) is 9.23 Å². The molecule has 0 heterocycles. The first-order valence-electron chi connectivity index (χ1n) is 4.32. The summed E-state index contributed by atoms with van der Waals surface area (Å²) in [6, 6.07) is 8.77. The highest BCUT2D eigenvalue weighted by molar-refractivity contribution is 6.70. The van der Waals surface area contributed by atoms with Gasteiger partial charge in [-0.2, -0.15) is 0 Å². The van der Waals surface area contributed by atoms with Crippen LogP contribution in [-0.2, 0) is 11.3 Å². The number of rotatable bonds is 3. The molecule has 0 spiro atoms. The molecule has 1 aromatic rings. The van der Waals surface area contributed by atoms with Crippen LogP contribution in [0, 0.1) is 0 Å². The van der Waals surface area contributed by atoms with Gasteiger partial charge in [0.25, 0.3) is 0 Å². The van der Waals surface area contributed by atoms with E-state index in [1.54, 1.807) is 7.11 Å². The monoisotopic (exact) mass is 180 g/mol. The van der Waals surface area contributed by atoms with Crippen LogP contribution in [0.15, 0.2) is 24.3 Å². The first-order chi connectivity index (χ1) is 5.74. The summed E-state index contributed by atoms with van der Waals surface area (Å²) in [7, 11) is 1.12. The van der Waals surface area contributed by atoms with Crippen molar-refractivity contribution in [2.45, 2.75) is 19.7 Å². The minimum Gasteiger partial charge on any atom is -0.380 e. The van der Waals surface area contributed by atoms with Crippen molar-refractivity contribution in [1.82, 2.24) is 0 Å². The van der Waals surface area contributed by atoms with Gasteiger partial charge in [0, 0.05) is 7.11 Å². The predicted octanol–water partition coefficient (Wildman–Crippen LogP) is 1.53. The fourth-order valence-corrected chi connectivity index (χ4v) is 2.13. The average Bonchev–Trinajstić information content (AvgIpc) is 2.06. The summed E-state index contributed by atoms with van der Waals surface area (Å²) in [5.41, 5.74) is 1.26. The van der Waals surface area contributed by atoms with Crippen molar-refractivity contribution < 1.29 is 4.74 Å². The molecule has 0 atom stereocenters. The van der Waals surface area contributed by atoms with Gasteiger partial charge in [0.2, 0.25) is 0 Å². The Morgan fingerprint density at radius 1 is 1.17 bits per heavy atom. The standard InChI is InChI=1S/C10H16OSi/c1-11-8-9-4-6-10(7-5-9)12(2)3/h4-7,12H,8H2,1-3H3. The Kier molecular flexibility index (Phi) is 3.50. The normalized spacial score (nSPS) is 10.7. The van der Waals surface area contributed by atoms with Gasteiger partial charge in [0.1, 0.15) is 0 Å². The van der Waals surface area contributed by atoms with Crippen LogP contribution < -0.4 is 5.19 Å². The van der Waals surface area contributed by atoms with Crippen LogP contribution in [0.5, 0.6) is 0 Å². The molecule has 0 unspecified atom stereocenters. The maximum atomic E-state index is 5.04. The lowest BCUT2D eigenvalue weighted by Crippen LogP contribution is -2.21. The van der Waals surface area contributed by atoms with E-state index in [2.05, 4.69) is 37.4 Å². The van der Waals surface area contributed by atoms with Crippen LogP contribution in [0.25, 0.3) is 0 Å². The molecule has 0 radical (unpaired) electrons. The van der Waals surface area contributed by atoms with Crippen LogP contribution in [0.1, 0.15) is 5.56 Å². The van der Waals surface area contributed by atoms with Gasteiger partial charge < -0.3 is 4.74 Å². The lowest BCUT2D eigenvalue weighted by molar-refractivity contribution is 0.185. The highest BCUT2D eigenvalue weighted by atomic mass is 28.3. The van der Waals surface area contributed by atoms with Crippen LogP contribution in [-0.4, -0.2) is 15.9 Å². The van der Waals surface area contributed by atoms with Crippen molar-refractivity contribution in [3.8, 4) is 0 Å². The van der Waals surface area contributed by atoms with Crippen LogP contribution in [0.3, 0.4) is 0 Å². The molecule has 1 nitrogen and oxygen atoms in total. The molecule has 0 saturated carbocycles. The molecule has 0 N–H and O–H groups in total. The van der Waals surface area contributed by atoms with E-state index in [1.165, 1.54) is 10.8 Å². The van der Waals surface area contributed by atoms with Gasteiger partial charge in [-0.3, -0.25) is 0 Å². The van der Waals surface area contributed by atoms with Gasteiger partial charge in [-0.15, -0.1) is 0 Å². The Balaban J connectivity index is 2.71. The van der Waals surface area contributed by atoms with Crippen LogP contribution in [0.2, 0.25) is 13.1 Å². The van der Waals surface area contributed by atoms with E-state index in [4.69, 9.17) is 4.74 Å². The van der Waals surface area contributed by atoms with Gasteiger partial charge in [-0.05, 0) is 5.56 Å². The molecular weight excluding hydrogens is 164 g/mol. The van der Waals surface area contributed by atoms with E-state index in [1.807, 2.05) is 0 Å². The van der Waals surface area contributed by atoms with Crippen molar-refractivity contribution in [2.24, 2.45) is 0 Å². The SMILES string of the molecule is COCc1ccc([SiH](C)C)cc1. The number of benzene rings is 1. The van der Waals surface area contributed by atoms with E-state index in [0.29, 0.717) is 0 Å². The van der Waals surface area contributed by atoms with E-state index in [-0.39, 0.29) is 0 Å². The Hall–Kier alpha value is -0.603. The molecule has 1 rings (SSSR count). The van der Waals surface area contributed by atoms with E-state index < -0.39 is 8.80 Å².